The molecule has 2 amide bonds. The second-order valence-electron chi connectivity index (χ2n) is 4.71. The van der Waals surface area contributed by atoms with Crippen LogP contribution in [0, 0.1) is 11.8 Å². The molecule has 0 bridgehead atoms. The van der Waals surface area contributed by atoms with Crippen LogP contribution in [-0.4, -0.2) is 40.9 Å². The first kappa shape index (κ1) is 13.8. The lowest BCUT2D eigenvalue weighted by atomic mass is 9.98. The van der Waals surface area contributed by atoms with Gasteiger partial charge in [0.1, 0.15) is 0 Å². The van der Waals surface area contributed by atoms with E-state index < -0.39 is 24.6 Å². The minimum Gasteiger partial charge on any atom is -0.480 e. The first-order valence-corrected chi connectivity index (χ1v) is 5.86. The predicted octanol–water partition coefficient (Wildman–Crippen LogP) is 0.166. The summed E-state index contributed by atoms with van der Waals surface area (Å²) in [5.74, 6) is -0.290. The van der Waals surface area contributed by atoms with Crippen molar-refractivity contribution in [1.82, 2.24) is 10.6 Å². The average molecular weight is 244 g/mol. The Bertz CT molecular complexity index is 295. The zero-order valence-corrected chi connectivity index (χ0v) is 10.1. The Morgan fingerprint density at radius 2 is 2.00 bits per heavy atom. The van der Waals surface area contributed by atoms with Crippen molar-refractivity contribution in [2.45, 2.75) is 38.8 Å². The number of carboxylic acid groups (broad SMARTS) is 1. The summed E-state index contributed by atoms with van der Waals surface area (Å²) in [6.45, 7) is 3.60. The molecule has 6 nitrogen and oxygen atoms in total. The van der Waals surface area contributed by atoms with E-state index in [2.05, 4.69) is 24.5 Å². The zero-order chi connectivity index (χ0) is 13.0. The second-order valence-corrected chi connectivity index (χ2v) is 4.71. The van der Waals surface area contributed by atoms with Crippen LogP contribution in [0.15, 0.2) is 0 Å². The van der Waals surface area contributed by atoms with Gasteiger partial charge in [-0.2, -0.15) is 0 Å². The summed E-state index contributed by atoms with van der Waals surface area (Å²) in [5.41, 5.74) is 0. The molecule has 1 rings (SSSR count). The number of carbonyl (C=O) groups excluding carboxylic acids is 1. The number of nitrogens with one attached hydrogen (secondary N) is 2. The number of carboxylic acids is 1. The molecule has 0 saturated heterocycles. The second kappa shape index (κ2) is 5.86. The Hall–Kier alpha value is -1.30. The average Bonchev–Trinajstić information content (AvgIpc) is 2.57. The van der Waals surface area contributed by atoms with Crippen LogP contribution in [0.5, 0.6) is 0 Å². The number of aliphatic hydroxyl groups is 1. The van der Waals surface area contributed by atoms with Gasteiger partial charge in [-0.25, -0.2) is 9.59 Å². The molecule has 98 valence electrons. The lowest BCUT2D eigenvalue weighted by molar-refractivity contribution is -0.140. The summed E-state index contributed by atoms with van der Waals surface area (Å²) < 4.78 is 0. The number of aliphatic hydroxyl groups excluding tert-OH is 1. The first-order valence-electron chi connectivity index (χ1n) is 5.86. The molecule has 4 N–H and O–H groups in total. The zero-order valence-electron chi connectivity index (χ0n) is 10.1. The number of rotatable bonds is 4. The van der Waals surface area contributed by atoms with Crippen LogP contribution in [0.2, 0.25) is 0 Å². The van der Waals surface area contributed by atoms with Gasteiger partial charge in [0, 0.05) is 6.04 Å². The topological polar surface area (TPSA) is 98.7 Å². The quantitative estimate of drug-likeness (QED) is 0.566. The molecule has 1 fully saturated rings. The summed E-state index contributed by atoms with van der Waals surface area (Å²) >= 11 is 0. The molecular formula is C11H20N2O4. The fraction of sp³-hybridized carbons (Fsp3) is 0.818. The van der Waals surface area contributed by atoms with Crippen molar-refractivity contribution in [3.8, 4) is 0 Å². The molecule has 1 aliphatic rings. The van der Waals surface area contributed by atoms with E-state index in [0.29, 0.717) is 11.8 Å². The normalized spacial score (nSPS) is 29.7. The Morgan fingerprint density at radius 1 is 1.35 bits per heavy atom. The van der Waals surface area contributed by atoms with E-state index in [1.165, 1.54) is 0 Å². The number of amides is 2. The van der Waals surface area contributed by atoms with Crippen molar-refractivity contribution in [2.75, 3.05) is 6.61 Å². The summed E-state index contributed by atoms with van der Waals surface area (Å²) in [6, 6.07) is -1.69. The highest BCUT2D eigenvalue weighted by atomic mass is 16.4. The molecule has 0 aromatic heterocycles. The van der Waals surface area contributed by atoms with Gasteiger partial charge >= 0.3 is 12.0 Å². The van der Waals surface area contributed by atoms with Crippen LogP contribution >= 0.6 is 0 Å². The van der Waals surface area contributed by atoms with E-state index >= 15 is 0 Å². The van der Waals surface area contributed by atoms with Crippen LogP contribution in [-0.2, 0) is 4.79 Å². The van der Waals surface area contributed by atoms with Gasteiger partial charge in [0.05, 0.1) is 6.61 Å². The fourth-order valence-electron chi connectivity index (χ4n) is 2.12. The van der Waals surface area contributed by atoms with Gasteiger partial charge < -0.3 is 20.8 Å². The van der Waals surface area contributed by atoms with Gasteiger partial charge in [-0.3, -0.25) is 0 Å². The smallest absolute Gasteiger partial charge is 0.328 e. The fourth-order valence-corrected chi connectivity index (χ4v) is 2.12. The molecule has 0 spiro atoms. The van der Waals surface area contributed by atoms with E-state index in [0.717, 1.165) is 12.8 Å². The van der Waals surface area contributed by atoms with Crippen molar-refractivity contribution in [1.29, 1.82) is 0 Å². The molecule has 0 radical (unpaired) electrons. The Kier molecular flexibility index (Phi) is 4.74. The summed E-state index contributed by atoms with van der Waals surface area (Å²) in [5, 5.41) is 22.4. The van der Waals surface area contributed by atoms with E-state index in [9.17, 15) is 9.59 Å². The van der Waals surface area contributed by atoms with Crippen molar-refractivity contribution in [2.24, 2.45) is 11.8 Å². The number of carbonyl (C=O) groups is 2. The van der Waals surface area contributed by atoms with Crippen LogP contribution < -0.4 is 10.6 Å². The molecule has 17 heavy (non-hydrogen) atoms. The van der Waals surface area contributed by atoms with Gasteiger partial charge in [-0.15, -0.1) is 0 Å². The SMILES string of the molecule is CC1CCC(NC(=O)NC(CO)C(=O)O)C1C. The molecule has 1 aliphatic carbocycles. The van der Waals surface area contributed by atoms with Crippen LogP contribution in [0.1, 0.15) is 26.7 Å². The van der Waals surface area contributed by atoms with Crippen LogP contribution in [0.4, 0.5) is 4.79 Å². The highest BCUT2D eigenvalue weighted by Crippen LogP contribution is 2.30. The lowest BCUT2D eigenvalue weighted by Crippen LogP contribution is -2.51. The molecule has 4 unspecified atom stereocenters. The van der Waals surface area contributed by atoms with Gasteiger partial charge in [0.2, 0.25) is 0 Å². The maximum Gasteiger partial charge on any atom is 0.328 e. The largest absolute Gasteiger partial charge is 0.480 e. The monoisotopic (exact) mass is 244 g/mol. The Balaban J connectivity index is 2.42. The van der Waals surface area contributed by atoms with Gasteiger partial charge in [0.15, 0.2) is 6.04 Å². The lowest BCUT2D eigenvalue weighted by Gasteiger charge is -2.21. The number of hydrogen-bond acceptors (Lipinski definition) is 3. The molecule has 0 aromatic carbocycles. The third-order valence-electron chi connectivity index (χ3n) is 3.57. The maximum atomic E-state index is 11.5. The molecule has 1 saturated carbocycles. The van der Waals surface area contributed by atoms with Gasteiger partial charge in [-0.05, 0) is 24.7 Å². The molecule has 4 atom stereocenters. The van der Waals surface area contributed by atoms with E-state index in [-0.39, 0.29) is 6.04 Å². The van der Waals surface area contributed by atoms with Crippen molar-refractivity contribution in [3.05, 3.63) is 0 Å². The standard InChI is InChI=1S/C11H20N2O4/c1-6-3-4-8(7(6)2)12-11(17)13-9(5-14)10(15)16/h6-9,14H,3-5H2,1-2H3,(H,15,16)(H2,12,13,17). The molecular weight excluding hydrogens is 224 g/mol. The Labute approximate surface area is 100 Å². The van der Waals surface area contributed by atoms with E-state index in [4.69, 9.17) is 10.2 Å². The minimum atomic E-state index is -1.25. The predicted molar refractivity (Wildman–Crippen MR) is 61.5 cm³/mol. The van der Waals surface area contributed by atoms with Crippen molar-refractivity contribution >= 4 is 12.0 Å². The van der Waals surface area contributed by atoms with Crippen LogP contribution in [0.3, 0.4) is 0 Å². The van der Waals surface area contributed by atoms with Crippen LogP contribution in [0.25, 0.3) is 0 Å². The third-order valence-corrected chi connectivity index (χ3v) is 3.57. The maximum absolute atomic E-state index is 11.5. The van der Waals surface area contributed by atoms with Gasteiger partial charge in [-0.1, -0.05) is 13.8 Å². The third kappa shape index (κ3) is 3.59. The molecule has 0 aromatic rings. The molecule has 6 heteroatoms. The van der Waals surface area contributed by atoms with E-state index in [1.54, 1.807) is 0 Å². The molecule has 0 aliphatic heterocycles. The highest BCUT2D eigenvalue weighted by molar-refractivity contribution is 5.82. The van der Waals surface area contributed by atoms with Crippen molar-refractivity contribution in [3.63, 3.8) is 0 Å². The van der Waals surface area contributed by atoms with Crippen molar-refractivity contribution < 1.29 is 19.8 Å². The summed E-state index contributed by atoms with van der Waals surface area (Å²) in [7, 11) is 0. The van der Waals surface area contributed by atoms with E-state index in [1.807, 2.05) is 0 Å². The summed E-state index contributed by atoms with van der Waals surface area (Å²) in [6.07, 6.45) is 1.97. The summed E-state index contributed by atoms with van der Waals surface area (Å²) in [4.78, 5) is 22.1. The number of urea groups is 1. The Morgan fingerprint density at radius 3 is 2.41 bits per heavy atom. The number of aliphatic carboxylic acids is 1. The minimum absolute atomic E-state index is 0.0816. The highest BCUT2D eigenvalue weighted by Gasteiger charge is 2.31. The van der Waals surface area contributed by atoms with Gasteiger partial charge in [0.25, 0.3) is 0 Å². The number of hydrogen-bond donors (Lipinski definition) is 4. The first-order chi connectivity index (χ1) is 7.95. The molecule has 0 heterocycles.